The molecule has 3 rings (SSSR count). The fraction of sp³-hybridized carbons (Fsp3) is 0.211. The summed E-state index contributed by atoms with van der Waals surface area (Å²) in [7, 11) is 0. The standard InChI is InChI=1S/C19H14F3/c1-13-14-7-3-4-8-15(14)16-9-5-6-10-17(16)18(13,2)11-12-19(20,21)22/h3-10H,1-2H3/q+1. The predicted molar refractivity (Wildman–Crippen MR) is 81.1 cm³/mol. The fourth-order valence-corrected chi connectivity index (χ4v) is 3.03. The summed E-state index contributed by atoms with van der Waals surface area (Å²) in [6.07, 6.45) is -4.49. The molecule has 0 aromatic heterocycles. The van der Waals surface area contributed by atoms with E-state index in [-0.39, 0.29) is 0 Å². The van der Waals surface area contributed by atoms with E-state index in [9.17, 15) is 13.2 Å². The van der Waals surface area contributed by atoms with Gasteiger partial charge in [-0.15, -0.1) is 0 Å². The van der Waals surface area contributed by atoms with Crippen LogP contribution in [0.3, 0.4) is 0 Å². The molecule has 3 heteroatoms. The molecule has 1 aliphatic rings. The highest BCUT2D eigenvalue weighted by atomic mass is 19.4. The van der Waals surface area contributed by atoms with Gasteiger partial charge in [-0.25, -0.2) is 0 Å². The fourth-order valence-electron chi connectivity index (χ4n) is 3.03. The van der Waals surface area contributed by atoms with Gasteiger partial charge >= 0.3 is 6.18 Å². The third-order valence-electron chi connectivity index (χ3n) is 4.29. The molecule has 0 nitrogen and oxygen atoms in total. The number of fused-ring (bicyclic) bond motifs is 3. The molecular weight excluding hydrogens is 285 g/mol. The van der Waals surface area contributed by atoms with Crippen LogP contribution in [0.1, 0.15) is 25.0 Å². The Morgan fingerprint density at radius 1 is 0.955 bits per heavy atom. The average Bonchev–Trinajstić information content (AvgIpc) is 2.50. The highest BCUT2D eigenvalue weighted by Crippen LogP contribution is 2.49. The van der Waals surface area contributed by atoms with Crippen molar-refractivity contribution < 1.29 is 13.2 Å². The molecule has 1 unspecified atom stereocenters. The lowest BCUT2D eigenvalue weighted by Crippen LogP contribution is -2.32. The van der Waals surface area contributed by atoms with Gasteiger partial charge in [0.2, 0.25) is 0 Å². The van der Waals surface area contributed by atoms with E-state index >= 15 is 0 Å². The molecule has 0 saturated heterocycles. The third kappa shape index (κ3) is 2.25. The van der Waals surface area contributed by atoms with E-state index in [0.29, 0.717) is 0 Å². The van der Waals surface area contributed by atoms with Gasteiger partial charge in [0.25, 0.3) is 0 Å². The lowest BCUT2D eigenvalue weighted by molar-refractivity contribution is -0.0698. The van der Waals surface area contributed by atoms with Crippen LogP contribution in [0.15, 0.2) is 48.5 Å². The van der Waals surface area contributed by atoms with Crippen molar-refractivity contribution in [2.45, 2.75) is 25.4 Å². The van der Waals surface area contributed by atoms with Crippen molar-refractivity contribution in [1.82, 2.24) is 0 Å². The minimum atomic E-state index is -4.49. The van der Waals surface area contributed by atoms with Crippen LogP contribution in [0.5, 0.6) is 0 Å². The molecule has 0 spiro atoms. The first-order valence-electron chi connectivity index (χ1n) is 6.97. The number of hydrogen-bond acceptors (Lipinski definition) is 0. The van der Waals surface area contributed by atoms with Crippen LogP contribution in [0.25, 0.3) is 11.1 Å². The van der Waals surface area contributed by atoms with E-state index in [1.807, 2.05) is 55.5 Å². The Morgan fingerprint density at radius 2 is 1.55 bits per heavy atom. The zero-order chi connectivity index (χ0) is 16.0. The number of halogens is 3. The van der Waals surface area contributed by atoms with Crippen molar-refractivity contribution in [1.29, 1.82) is 0 Å². The molecule has 1 atom stereocenters. The first-order chi connectivity index (χ1) is 10.3. The number of benzene rings is 2. The summed E-state index contributed by atoms with van der Waals surface area (Å²) in [4.78, 5) is 0. The van der Waals surface area contributed by atoms with Gasteiger partial charge in [-0.3, -0.25) is 0 Å². The lowest BCUT2D eigenvalue weighted by Gasteiger charge is -2.33. The molecule has 0 saturated carbocycles. The van der Waals surface area contributed by atoms with Crippen LogP contribution in [0.4, 0.5) is 13.2 Å². The quantitative estimate of drug-likeness (QED) is 0.467. The summed E-state index contributed by atoms with van der Waals surface area (Å²) >= 11 is 0. The molecule has 0 N–H and O–H groups in total. The zero-order valence-corrected chi connectivity index (χ0v) is 12.3. The second-order valence-electron chi connectivity index (χ2n) is 5.59. The summed E-state index contributed by atoms with van der Waals surface area (Å²) in [5.74, 6) is 4.78. The molecule has 1 aliphatic carbocycles. The maximum atomic E-state index is 12.6. The maximum Gasteiger partial charge on any atom is 0.457 e. The highest BCUT2D eigenvalue weighted by molar-refractivity contribution is 5.80. The van der Waals surface area contributed by atoms with Crippen LogP contribution in [-0.2, 0) is 5.41 Å². The van der Waals surface area contributed by atoms with E-state index in [1.165, 1.54) is 5.92 Å². The topological polar surface area (TPSA) is 0 Å². The van der Waals surface area contributed by atoms with Gasteiger partial charge in [-0.05, 0) is 25.1 Å². The Morgan fingerprint density at radius 3 is 2.23 bits per heavy atom. The Balaban J connectivity index is 2.27. The largest absolute Gasteiger partial charge is 0.457 e. The van der Waals surface area contributed by atoms with Gasteiger partial charge in [0.1, 0.15) is 11.0 Å². The molecule has 0 aliphatic heterocycles. The molecule has 0 fully saturated rings. The number of alkyl halides is 3. The Bertz CT molecular complexity index is 777. The van der Waals surface area contributed by atoms with Crippen molar-refractivity contribution in [3.05, 3.63) is 65.6 Å². The van der Waals surface area contributed by atoms with Crippen LogP contribution >= 0.6 is 0 Å². The van der Waals surface area contributed by atoms with Crippen molar-refractivity contribution in [2.24, 2.45) is 0 Å². The highest BCUT2D eigenvalue weighted by Gasteiger charge is 2.46. The molecule has 2 aromatic rings. The summed E-state index contributed by atoms with van der Waals surface area (Å²) < 4.78 is 37.8. The first-order valence-corrected chi connectivity index (χ1v) is 6.97. The van der Waals surface area contributed by atoms with E-state index < -0.39 is 11.6 Å². The van der Waals surface area contributed by atoms with Gasteiger partial charge in [-0.1, -0.05) is 24.1 Å². The van der Waals surface area contributed by atoms with E-state index in [0.717, 1.165) is 28.2 Å². The normalized spacial score (nSPS) is 19.8. The second kappa shape index (κ2) is 4.84. The molecule has 0 amide bonds. The molecule has 22 heavy (non-hydrogen) atoms. The van der Waals surface area contributed by atoms with Crippen LogP contribution in [0, 0.1) is 17.8 Å². The minimum Gasteiger partial charge on any atom is -0.159 e. The second-order valence-corrected chi connectivity index (χ2v) is 5.59. The smallest absolute Gasteiger partial charge is 0.159 e. The molecule has 110 valence electrons. The monoisotopic (exact) mass is 299 g/mol. The predicted octanol–water partition coefficient (Wildman–Crippen LogP) is 5.13. The number of rotatable bonds is 0. The molecule has 0 bridgehead atoms. The van der Waals surface area contributed by atoms with E-state index in [4.69, 9.17) is 0 Å². The average molecular weight is 299 g/mol. The van der Waals surface area contributed by atoms with Crippen LogP contribution in [0.2, 0.25) is 0 Å². The first kappa shape index (κ1) is 14.6. The van der Waals surface area contributed by atoms with E-state index in [2.05, 4.69) is 5.92 Å². The van der Waals surface area contributed by atoms with Crippen molar-refractivity contribution in [3.8, 4) is 23.0 Å². The molecule has 0 radical (unpaired) electrons. The Hall–Kier alpha value is -2.34. The lowest BCUT2D eigenvalue weighted by atomic mass is 9.63. The number of hydrogen-bond donors (Lipinski definition) is 0. The molecule has 2 aromatic carbocycles. The third-order valence-corrected chi connectivity index (χ3v) is 4.29. The zero-order valence-electron chi connectivity index (χ0n) is 12.3. The molecule has 0 heterocycles. The summed E-state index contributed by atoms with van der Waals surface area (Å²) in [6, 6.07) is 15.3. The van der Waals surface area contributed by atoms with Crippen molar-refractivity contribution in [3.63, 3.8) is 0 Å². The Kier molecular flexibility index (Phi) is 3.21. The van der Waals surface area contributed by atoms with Gasteiger partial charge in [-0.2, -0.15) is 13.2 Å². The van der Waals surface area contributed by atoms with Crippen molar-refractivity contribution >= 4 is 0 Å². The summed E-state index contributed by atoms with van der Waals surface area (Å²) in [5, 5.41) is 0. The van der Waals surface area contributed by atoms with Gasteiger partial charge < -0.3 is 0 Å². The van der Waals surface area contributed by atoms with Crippen LogP contribution in [-0.4, -0.2) is 6.18 Å². The SMILES string of the molecule is C[C+]1c2ccccc2-c2ccccc2C1(C)C#CC(F)(F)F. The van der Waals surface area contributed by atoms with Crippen LogP contribution < -0.4 is 0 Å². The van der Waals surface area contributed by atoms with Gasteiger partial charge in [0.05, 0.1) is 11.5 Å². The maximum absolute atomic E-state index is 12.6. The minimum absolute atomic E-state index is 0.822. The summed E-state index contributed by atoms with van der Waals surface area (Å²) in [5.41, 5.74) is 2.83. The van der Waals surface area contributed by atoms with Gasteiger partial charge in [0, 0.05) is 36.1 Å². The van der Waals surface area contributed by atoms with E-state index in [1.54, 1.807) is 6.92 Å². The van der Waals surface area contributed by atoms with Crippen molar-refractivity contribution in [2.75, 3.05) is 0 Å². The molecular formula is C19H14F3+. The van der Waals surface area contributed by atoms with Gasteiger partial charge in [0.15, 0.2) is 0 Å². The summed E-state index contributed by atoms with van der Waals surface area (Å²) in [6.45, 7) is 3.62. The Labute approximate surface area is 128 Å².